The molecule has 0 aliphatic rings. The molecule has 4 nitrogen and oxygen atoms in total. The van der Waals surface area contributed by atoms with Gasteiger partial charge in [-0.2, -0.15) is 0 Å². The van der Waals surface area contributed by atoms with Crippen molar-refractivity contribution in [2.24, 2.45) is 0 Å². The van der Waals surface area contributed by atoms with E-state index in [2.05, 4.69) is 34.5 Å². The molecular weight excluding hydrogens is 426 g/mol. The molecule has 2 aromatic heterocycles. The van der Waals surface area contributed by atoms with Crippen molar-refractivity contribution in [3.63, 3.8) is 0 Å². The second-order valence-corrected chi connectivity index (χ2v) is 20.6. The van der Waals surface area contributed by atoms with Gasteiger partial charge in [0, 0.05) is 0 Å². The quantitative estimate of drug-likeness (QED) is 0.456. The molecule has 0 atom stereocenters. The van der Waals surface area contributed by atoms with E-state index in [9.17, 15) is 0 Å². The van der Waals surface area contributed by atoms with Gasteiger partial charge in [-0.15, -0.1) is 4.98 Å². The van der Waals surface area contributed by atoms with Gasteiger partial charge in [-0.05, 0) is 12.1 Å². The zero-order chi connectivity index (χ0) is 16.8. The van der Waals surface area contributed by atoms with Crippen molar-refractivity contribution in [3.8, 4) is 0 Å². The molecule has 0 bridgehead atoms. The first-order chi connectivity index (χ1) is 10.3. The Hall–Kier alpha value is -1.34. The Balaban J connectivity index is 0.000000235. The molecule has 2 aromatic rings. The molecule has 0 amide bonds. The monoisotopic (exact) mass is 440 g/mol. The predicted octanol–water partition coefficient (Wildman–Crippen LogP) is 5.12. The fourth-order valence-corrected chi connectivity index (χ4v) is 7.45. The first kappa shape index (κ1) is 18.7. The minimum absolute atomic E-state index is 0.374. The number of hydrogen-bond acceptors (Lipinski definition) is 2. The van der Waals surface area contributed by atoms with E-state index in [1.54, 1.807) is 18.3 Å². The zero-order valence-corrected chi connectivity index (χ0v) is 16.8. The Labute approximate surface area is 144 Å². The summed E-state index contributed by atoms with van der Waals surface area (Å²) in [7, 11) is 0. The average Bonchev–Trinajstić information content (AvgIpc) is 2.48. The second-order valence-electron chi connectivity index (χ2n) is 5.33. The maximum Gasteiger partial charge on any atom is 0.269 e. The smallest absolute Gasteiger partial charge is 0.269 e. The number of hydrogen-bond donors (Lipinski definition) is 0. The normalized spacial score (nSPS) is 9.95. The molecule has 0 spiro atoms. The van der Waals surface area contributed by atoms with E-state index in [0.717, 1.165) is 5.02 Å². The SMILES string of the molecule is [C-]#[N+]c1c[c]([Sn]([CH3])([CH3])[CH3])c(Cl)cn1.[C-]#[N+]c1ccc(Cl)cn1. The molecule has 0 fully saturated rings. The number of pyridine rings is 2. The van der Waals surface area contributed by atoms with Crippen molar-refractivity contribution in [2.75, 3.05) is 0 Å². The van der Waals surface area contributed by atoms with Crippen LogP contribution in [0.1, 0.15) is 0 Å². The Kier molecular flexibility index (Phi) is 7.09. The Morgan fingerprint density at radius 3 is 2.00 bits per heavy atom. The fraction of sp³-hybridized carbons (Fsp3) is 0.200. The fourth-order valence-electron chi connectivity index (χ4n) is 1.50. The minimum atomic E-state index is -2.16. The third kappa shape index (κ3) is 5.81. The Morgan fingerprint density at radius 2 is 1.55 bits per heavy atom. The average molecular weight is 440 g/mol. The summed E-state index contributed by atoms with van der Waals surface area (Å²) in [4.78, 5) is 20.8. The molecule has 0 aliphatic heterocycles. The van der Waals surface area contributed by atoms with E-state index < -0.39 is 18.4 Å². The van der Waals surface area contributed by atoms with Gasteiger partial charge in [-0.25, -0.2) is 0 Å². The van der Waals surface area contributed by atoms with Gasteiger partial charge in [-0.3, -0.25) is 0 Å². The van der Waals surface area contributed by atoms with E-state index in [0.29, 0.717) is 16.7 Å². The van der Waals surface area contributed by atoms with Crippen molar-refractivity contribution in [2.45, 2.75) is 14.8 Å². The standard InChI is InChI=1S/C6H3ClN2.C6H2ClN2.3CH3.Sn/c2*1-8-6-3-2-5(7)4-9-6;;;;/h2-4H;3-4H;3*1H3;. The van der Waals surface area contributed by atoms with Gasteiger partial charge in [-0.1, -0.05) is 18.2 Å². The van der Waals surface area contributed by atoms with Crippen molar-refractivity contribution in [1.82, 2.24) is 9.97 Å². The number of halogens is 2. The van der Waals surface area contributed by atoms with Crippen molar-refractivity contribution >= 4 is 56.8 Å². The molecule has 0 N–H and O–H groups in total. The van der Waals surface area contributed by atoms with Crippen LogP contribution in [-0.2, 0) is 0 Å². The van der Waals surface area contributed by atoms with Gasteiger partial charge in [0.25, 0.3) is 5.82 Å². The molecule has 22 heavy (non-hydrogen) atoms. The van der Waals surface area contributed by atoms with Crippen molar-refractivity contribution in [3.05, 3.63) is 63.5 Å². The largest absolute Gasteiger partial charge is 0.361 e. The molecule has 0 aromatic carbocycles. The Morgan fingerprint density at radius 1 is 0.955 bits per heavy atom. The van der Waals surface area contributed by atoms with Crippen LogP contribution in [0.4, 0.5) is 11.6 Å². The van der Waals surface area contributed by atoms with Gasteiger partial charge >= 0.3 is 87.9 Å². The van der Waals surface area contributed by atoms with Crippen LogP contribution in [0.25, 0.3) is 9.69 Å². The molecule has 2 heterocycles. The first-order valence-corrected chi connectivity index (χ1v) is 17.0. The van der Waals surface area contributed by atoms with Gasteiger partial charge in [0.1, 0.15) is 6.20 Å². The van der Waals surface area contributed by atoms with E-state index in [4.69, 9.17) is 36.3 Å². The minimum Gasteiger partial charge on any atom is -0.361 e. The van der Waals surface area contributed by atoms with Gasteiger partial charge < -0.3 is 4.85 Å². The molecule has 112 valence electrons. The molecule has 0 saturated carbocycles. The van der Waals surface area contributed by atoms with Crippen LogP contribution in [0.2, 0.25) is 24.9 Å². The third-order valence-corrected chi connectivity index (χ3v) is 9.36. The van der Waals surface area contributed by atoms with E-state index in [-0.39, 0.29) is 0 Å². The predicted molar refractivity (Wildman–Crippen MR) is 94.0 cm³/mol. The first-order valence-electron chi connectivity index (χ1n) is 6.30. The number of rotatable bonds is 1. The van der Waals surface area contributed by atoms with E-state index in [1.165, 1.54) is 9.78 Å². The summed E-state index contributed by atoms with van der Waals surface area (Å²) in [6.07, 6.45) is 3.04. The summed E-state index contributed by atoms with van der Waals surface area (Å²) in [5.41, 5.74) is 0. The molecule has 2 rings (SSSR count). The molecular formula is C15H14Cl2N4Sn. The van der Waals surface area contributed by atoms with Gasteiger partial charge in [0.05, 0.1) is 5.02 Å². The molecule has 7 heteroatoms. The topological polar surface area (TPSA) is 34.5 Å². The maximum atomic E-state index is 6.86. The molecule has 0 unspecified atom stereocenters. The summed E-state index contributed by atoms with van der Waals surface area (Å²) in [5, 5.41) is 1.28. The van der Waals surface area contributed by atoms with Crippen molar-refractivity contribution < 1.29 is 0 Å². The summed E-state index contributed by atoms with van der Waals surface area (Å²) < 4.78 is 1.18. The molecule has 0 radical (unpaired) electrons. The summed E-state index contributed by atoms with van der Waals surface area (Å²) >= 11 is 9.37. The molecule has 0 saturated heterocycles. The Bertz CT molecular complexity index is 725. The van der Waals surface area contributed by atoms with Crippen LogP contribution in [0.5, 0.6) is 0 Å². The summed E-state index contributed by atoms with van der Waals surface area (Å²) in [5.74, 6) is 0.824. The van der Waals surface area contributed by atoms with Crippen LogP contribution >= 0.6 is 23.2 Å². The van der Waals surface area contributed by atoms with Crippen LogP contribution in [0.3, 0.4) is 0 Å². The summed E-state index contributed by atoms with van der Waals surface area (Å²) in [6, 6.07) is 5.06. The summed E-state index contributed by atoms with van der Waals surface area (Å²) in [6.45, 7) is 13.4. The number of nitrogens with zero attached hydrogens (tertiary/aromatic N) is 4. The van der Waals surface area contributed by atoms with Crippen molar-refractivity contribution in [1.29, 1.82) is 0 Å². The van der Waals surface area contributed by atoms with Gasteiger partial charge in [0.2, 0.25) is 0 Å². The van der Waals surface area contributed by atoms with E-state index >= 15 is 0 Å². The van der Waals surface area contributed by atoms with E-state index in [1.807, 2.05) is 6.07 Å². The third-order valence-electron chi connectivity index (χ3n) is 2.59. The van der Waals surface area contributed by atoms with Crippen LogP contribution in [0, 0.1) is 13.1 Å². The second kappa shape index (κ2) is 8.33. The van der Waals surface area contributed by atoms with Crippen LogP contribution in [-0.4, -0.2) is 28.3 Å². The van der Waals surface area contributed by atoms with Crippen LogP contribution < -0.4 is 3.58 Å². The number of aromatic nitrogens is 2. The molecule has 0 aliphatic carbocycles. The van der Waals surface area contributed by atoms with Crippen LogP contribution in [0.15, 0.2) is 30.6 Å². The maximum absolute atomic E-state index is 6.86. The van der Waals surface area contributed by atoms with Gasteiger partial charge in [0.15, 0.2) is 0 Å². The zero-order valence-electron chi connectivity index (χ0n) is 12.4.